The van der Waals surface area contributed by atoms with E-state index in [0.29, 0.717) is 5.88 Å². The quantitative estimate of drug-likeness (QED) is 0.777. The lowest BCUT2D eigenvalue weighted by atomic mass is 10.1. The number of fused-ring (bicyclic) bond motifs is 1. The molecule has 0 aliphatic carbocycles. The third-order valence-electron chi connectivity index (χ3n) is 4.17. The van der Waals surface area contributed by atoms with Crippen molar-refractivity contribution in [3.8, 4) is 5.88 Å². The second-order valence-electron chi connectivity index (χ2n) is 6.17. The van der Waals surface area contributed by atoms with Crippen molar-refractivity contribution in [3.63, 3.8) is 0 Å². The average Bonchev–Trinajstić information content (AvgIpc) is 2.88. The van der Waals surface area contributed by atoms with Crippen LogP contribution >= 0.6 is 0 Å². The largest absolute Gasteiger partial charge is 0.468 e. The first-order valence-electron chi connectivity index (χ1n) is 8.23. The Kier molecular flexibility index (Phi) is 4.70. The highest BCUT2D eigenvalue weighted by atomic mass is 16.5. The molecule has 0 bridgehead atoms. The monoisotopic (exact) mass is 338 g/mol. The molecule has 2 heterocycles. The Balaban J connectivity index is 1.66. The van der Waals surface area contributed by atoms with Gasteiger partial charge in [0.15, 0.2) is 12.3 Å². The summed E-state index contributed by atoms with van der Waals surface area (Å²) in [5, 5.41) is 8.33. The number of aromatic nitrogens is 3. The SMILES string of the molecule is Cc1cc(OCC(=O)N[C@@H](C)c2ccccc2)nc2c1c(C)nn2C. The van der Waals surface area contributed by atoms with E-state index < -0.39 is 0 Å². The fraction of sp³-hybridized carbons (Fsp3) is 0.316. The Morgan fingerprint density at radius 3 is 2.72 bits per heavy atom. The molecule has 1 amide bonds. The molecule has 3 rings (SSSR count). The molecule has 6 heteroatoms. The molecule has 0 fully saturated rings. The van der Waals surface area contributed by atoms with E-state index in [2.05, 4.69) is 15.4 Å². The fourth-order valence-corrected chi connectivity index (χ4v) is 2.95. The number of amides is 1. The lowest BCUT2D eigenvalue weighted by Crippen LogP contribution is -2.31. The molecule has 1 atom stereocenters. The van der Waals surface area contributed by atoms with Gasteiger partial charge in [-0.05, 0) is 31.9 Å². The topological polar surface area (TPSA) is 69.0 Å². The smallest absolute Gasteiger partial charge is 0.258 e. The van der Waals surface area contributed by atoms with Crippen LogP contribution in [0.25, 0.3) is 11.0 Å². The van der Waals surface area contributed by atoms with E-state index in [-0.39, 0.29) is 18.6 Å². The zero-order valence-electron chi connectivity index (χ0n) is 14.9. The van der Waals surface area contributed by atoms with E-state index in [9.17, 15) is 4.79 Å². The first-order valence-corrected chi connectivity index (χ1v) is 8.23. The van der Waals surface area contributed by atoms with Gasteiger partial charge >= 0.3 is 0 Å². The first kappa shape index (κ1) is 17.0. The highest BCUT2D eigenvalue weighted by Gasteiger charge is 2.13. The van der Waals surface area contributed by atoms with Crippen molar-refractivity contribution in [1.29, 1.82) is 0 Å². The molecule has 6 nitrogen and oxygen atoms in total. The Labute approximate surface area is 146 Å². The van der Waals surface area contributed by atoms with E-state index in [1.807, 2.05) is 64.2 Å². The highest BCUT2D eigenvalue weighted by Crippen LogP contribution is 2.23. The van der Waals surface area contributed by atoms with Gasteiger partial charge in [-0.3, -0.25) is 9.48 Å². The molecule has 1 aromatic carbocycles. The van der Waals surface area contributed by atoms with Crippen LogP contribution in [0.5, 0.6) is 5.88 Å². The minimum Gasteiger partial charge on any atom is -0.468 e. The summed E-state index contributed by atoms with van der Waals surface area (Å²) in [6, 6.07) is 11.6. The van der Waals surface area contributed by atoms with Crippen LogP contribution in [-0.2, 0) is 11.8 Å². The standard InChI is InChI=1S/C19H22N4O2/c1-12-10-17(21-19-18(12)14(3)22-23(19)4)25-11-16(24)20-13(2)15-8-6-5-7-9-15/h5-10,13H,11H2,1-4H3,(H,20,24)/t13-/m0/s1. The number of rotatable bonds is 5. The fourth-order valence-electron chi connectivity index (χ4n) is 2.95. The molecule has 1 N–H and O–H groups in total. The Bertz CT molecular complexity index is 903. The zero-order chi connectivity index (χ0) is 18.0. The third-order valence-corrected chi connectivity index (χ3v) is 4.17. The number of pyridine rings is 1. The molecule has 0 aliphatic heterocycles. The van der Waals surface area contributed by atoms with Crippen molar-refractivity contribution < 1.29 is 9.53 Å². The number of hydrogen-bond donors (Lipinski definition) is 1. The Morgan fingerprint density at radius 1 is 1.28 bits per heavy atom. The number of nitrogens with zero attached hydrogens (tertiary/aromatic N) is 3. The second-order valence-corrected chi connectivity index (χ2v) is 6.17. The summed E-state index contributed by atoms with van der Waals surface area (Å²) in [7, 11) is 1.85. The van der Waals surface area contributed by atoms with E-state index >= 15 is 0 Å². The number of ether oxygens (including phenoxy) is 1. The molecule has 0 aliphatic rings. The lowest BCUT2D eigenvalue weighted by molar-refractivity contribution is -0.123. The molecule has 130 valence electrons. The van der Waals surface area contributed by atoms with Gasteiger partial charge in [0.2, 0.25) is 5.88 Å². The van der Waals surface area contributed by atoms with Gasteiger partial charge in [-0.15, -0.1) is 0 Å². The molecule has 3 aromatic rings. The maximum atomic E-state index is 12.1. The Hall–Kier alpha value is -2.89. The van der Waals surface area contributed by atoms with E-state index in [0.717, 1.165) is 27.9 Å². The predicted molar refractivity (Wildman–Crippen MR) is 96.5 cm³/mol. The third kappa shape index (κ3) is 3.63. The summed E-state index contributed by atoms with van der Waals surface area (Å²) in [4.78, 5) is 16.6. The van der Waals surface area contributed by atoms with Crippen molar-refractivity contribution in [2.75, 3.05) is 6.61 Å². The molecular weight excluding hydrogens is 316 g/mol. The van der Waals surface area contributed by atoms with Crippen molar-refractivity contribution in [3.05, 3.63) is 53.2 Å². The van der Waals surface area contributed by atoms with E-state index in [4.69, 9.17) is 4.74 Å². The maximum Gasteiger partial charge on any atom is 0.258 e. The number of benzene rings is 1. The number of nitrogens with one attached hydrogen (secondary N) is 1. The average molecular weight is 338 g/mol. The van der Waals surface area contributed by atoms with Gasteiger partial charge < -0.3 is 10.1 Å². The molecule has 0 radical (unpaired) electrons. The normalized spacial score (nSPS) is 12.2. The minimum absolute atomic E-state index is 0.0748. The first-order chi connectivity index (χ1) is 12.0. The van der Waals surface area contributed by atoms with E-state index in [1.54, 1.807) is 4.68 Å². The summed E-state index contributed by atoms with van der Waals surface area (Å²) in [6.07, 6.45) is 0. The van der Waals surface area contributed by atoms with Gasteiger partial charge in [0.25, 0.3) is 5.91 Å². The van der Waals surface area contributed by atoms with Gasteiger partial charge in [-0.25, -0.2) is 0 Å². The van der Waals surface area contributed by atoms with Gasteiger partial charge in [-0.2, -0.15) is 10.1 Å². The van der Waals surface area contributed by atoms with Crippen LogP contribution < -0.4 is 10.1 Å². The van der Waals surface area contributed by atoms with Crippen LogP contribution in [0.15, 0.2) is 36.4 Å². The van der Waals surface area contributed by atoms with Crippen molar-refractivity contribution in [2.45, 2.75) is 26.8 Å². The van der Waals surface area contributed by atoms with Gasteiger partial charge in [-0.1, -0.05) is 30.3 Å². The summed E-state index contributed by atoms with van der Waals surface area (Å²) >= 11 is 0. The number of carbonyl (C=O) groups excluding carboxylic acids is 1. The molecule has 0 saturated carbocycles. The number of aryl methyl sites for hydroxylation is 3. The van der Waals surface area contributed by atoms with Crippen molar-refractivity contribution in [2.24, 2.45) is 7.05 Å². The van der Waals surface area contributed by atoms with E-state index in [1.165, 1.54) is 0 Å². The Morgan fingerprint density at radius 2 is 2.00 bits per heavy atom. The van der Waals surface area contributed by atoms with Crippen LogP contribution in [0.2, 0.25) is 0 Å². The lowest BCUT2D eigenvalue weighted by Gasteiger charge is -2.14. The highest BCUT2D eigenvalue weighted by molar-refractivity contribution is 5.82. The summed E-state index contributed by atoms with van der Waals surface area (Å²) in [5.41, 5.74) is 3.77. The van der Waals surface area contributed by atoms with Crippen molar-refractivity contribution in [1.82, 2.24) is 20.1 Å². The van der Waals surface area contributed by atoms with Gasteiger partial charge in [0.05, 0.1) is 11.7 Å². The summed E-state index contributed by atoms with van der Waals surface area (Å²) in [5.74, 6) is 0.243. The molecule has 0 unspecified atom stereocenters. The van der Waals surface area contributed by atoms with Crippen LogP contribution in [0.3, 0.4) is 0 Å². The van der Waals surface area contributed by atoms with Crippen LogP contribution in [0.4, 0.5) is 0 Å². The summed E-state index contributed by atoms with van der Waals surface area (Å²) in [6.45, 7) is 5.81. The van der Waals surface area contributed by atoms with Crippen LogP contribution in [0, 0.1) is 13.8 Å². The maximum absolute atomic E-state index is 12.1. The molecule has 0 spiro atoms. The molecular formula is C19H22N4O2. The molecule has 25 heavy (non-hydrogen) atoms. The predicted octanol–water partition coefficient (Wildman–Crippen LogP) is 2.84. The van der Waals surface area contributed by atoms with Crippen molar-refractivity contribution >= 4 is 16.9 Å². The van der Waals surface area contributed by atoms with Gasteiger partial charge in [0.1, 0.15) is 0 Å². The minimum atomic E-state index is -0.183. The van der Waals surface area contributed by atoms with Crippen LogP contribution in [0.1, 0.15) is 29.8 Å². The molecule has 2 aromatic heterocycles. The van der Waals surface area contributed by atoms with Gasteiger partial charge in [0, 0.05) is 18.5 Å². The number of carbonyl (C=O) groups is 1. The van der Waals surface area contributed by atoms with Crippen LogP contribution in [-0.4, -0.2) is 27.3 Å². The second kappa shape index (κ2) is 6.93. The summed E-state index contributed by atoms with van der Waals surface area (Å²) < 4.78 is 7.32. The number of hydrogen-bond acceptors (Lipinski definition) is 4. The zero-order valence-corrected chi connectivity index (χ0v) is 14.9. The molecule has 0 saturated heterocycles.